The highest BCUT2D eigenvalue weighted by Gasteiger charge is 2.37. The molecule has 5 nitrogen and oxygen atoms in total. The first-order valence-corrected chi connectivity index (χ1v) is 9.21. The van der Waals surface area contributed by atoms with Crippen LogP contribution < -0.4 is 0 Å². The summed E-state index contributed by atoms with van der Waals surface area (Å²) in [7, 11) is 0. The van der Waals surface area contributed by atoms with Crippen molar-refractivity contribution in [3.63, 3.8) is 0 Å². The van der Waals surface area contributed by atoms with E-state index in [1.807, 2.05) is 13.8 Å². The first-order chi connectivity index (χ1) is 13.0. The number of nitrogens with zero attached hydrogens (tertiary/aromatic N) is 4. The van der Waals surface area contributed by atoms with Crippen molar-refractivity contribution < 1.29 is 13.3 Å². The van der Waals surface area contributed by atoms with Crippen LogP contribution in [0.5, 0.6) is 0 Å². The predicted molar refractivity (Wildman–Crippen MR) is 99.4 cm³/mol. The molecule has 27 heavy (non-hydrogen) atoms. The summed E-state index contributed by atoms with van der Waals surface area (Å²) >= 11 is 1.54. The number of aryl methyl sites for hydroxylation is 1. The highest BCUT2D eigenvalue weighted by atomic mass is 32.2. The standard InChI is InChI=1S/C19H16F2N4OS/c1-11-15(8-25-26-11)19(2)5-18(24-10-27-19)14-3-13(16(20)4-17(14)21)12-6-22-9-23-7-12/h3-4,6-10,18H,5H2,1-2H3. The molecule has 2 unspecified atom stereocenters. The summed E-state index contributed by atoms with van der Waals surface area (Å²) in [5, 5.41) is 3.85. The van der Waals surface area contributed by atoms with Gasteiger partial charge in [0.25, 0.3) is 0 Å². The van der Waals surface area contributed by atoms with Crippen molar-refractivity contribution in [1.29, 1.82) is 0 Å². The number of thioether (sulfide) groups is 1. The summed E-state index contributed by atoms with van der Waals surface area (Å²) in [6, 6.07) is 1.95. The summed E-state index contributed by atoms with van der Waals surface area (Å²) in [5.41, 5.74) is 3.75. The molecule has 1 aliphatic rings. The lowest BCUT2D eigenvalue weighted by molar-refractivity contribution is 0.393. The van der Waals surface area contributed by atoms with Crippen LogP contribution in [0.15, 0.2) is 46.6 Å². The summed E-state index contributed by atoms with van der Waals surface area (Å²) in [6.45, 7) is 3.89. The maximum Gasteiger partial charge on any atom is 0.138 e. The molecule has 2 atom stereocenters. The van der Waals surface area contributed by atoms with E-state index in [0.29, 0.717) is 17.5 Å². The Bertz CT molecular complexity index is 1010. The van der Waals surface area contributed by atoms with Gasteiger partial charge in [-0.05, 0) is 26.3 Å². The third kappa shape index (κ3) is 3.25. The highest BCUT2D eigenvalue weighted by Crippen LogP contribution is 2.48. The zero-order chi connectivity index (χ0) is 19.0. The van der Waals surface area contributed by atoms with E-state index in [4.69, 9.17) is 4.52 Å². The molecular formula is C19H16F2N4OS. The SMILES string of the molecule is Cc1oncc1C1(C)CC(c2cc(-c3cncnc3)c(F)cc2F)N=CS1. The number of hydrogen-bond acceptors (Lipinski definition) is 6. The number of halogens is 2. The average Bonchev–Trinajstić information content (AvgIpc) is 3.09. The minimum atomic E-state index is -0.655. The molecule has 0 radical (unpaired) electrons. The second-order valence-corrected chi connectivity index (χ2v) is 7.95. The molecular weight excluding hydrogens is 370 g/mol. The number of rotatable bonds is 3. The van der Waals surface area contributed by atoms with Crippen LogP contribution in [-0.4, -0.2) is 20.7 Å². The van der Waals surface area contributed by atoms with Gasteiger partial charge >= 0.3 is 0 Å². The van der Waals surface area contributed by atoms with Crippen LogP contribution >= 0.6 is 11.8 Å². The number of aromatic nitrogens is 3. The van der Waals surface area contributed by atoms with Crippen molar-refractivity contribution in [2.75, 3.05) is 0 Å². The molecule has 0 N–H and O–H groups in total. The van der Waals surface area contributed by atoms with Crippen LogP contribution in [0, 0.1) is 18.6 Å². The topological polar surface area (TPSA) is 64.2 Å². The van der Waals surface area contributed by atoms with Crippen molar-refractivity contribution in [3.8, 4) is 11.1 Å². The molecule has 3 heterocycles. The van der Waals surface area contributed by atoms with Crippen molar-refractivity contribution in [3.05, 3.63) is 65.6 Å². The molecule has 0 bridgehead atoms. The van der Waals surface area contributed by atoms with Crippen molar-refractivity contribution in [1.82, 2.24) is 15.1 Å². The van der Waals surface area contributed by atoms with Crippen LogP contribution in [0.3, 0.4) is 0 Å². The number of benzene rings is 1. The second kappa shape index (κ2) is 6.84. The van der Waals surface area contributed by atoms with Gasteiger partial charge in [0, 0.05) is 40.7 Å². The van der Waals surface area contributed by atoms with Gasteiger partial charge < -0.3 is 4.52 Å². The van der Waals surface area contributed by atoms with E-state index >= 15 is 0 Å². The molecule has 138 valence electrons. The molecule has 1 aromatic carbocycles. The normalized spacial score (nSPS) is 22.1. The van der Waals surface area contributed by atoms with E-state index in [1.165, 1.54) is 36.5 Å². The fraction of sp³-hybridized carbons (Fsp3) is 0.263. The lowest BCUT2D eigenvalue weighted by atomic mass is 9.89. The molecule has 1 aliphatic heterocycles. The summed E-state index contributed by atoms with van der Waals surface area (Å²) in [6.07, 6.45) is 6.58. The average molecular weight is 386 g/mol. The van der Waals surface area contributed by atoms with Gasteiger partial charge in [-0.25, -0.2) is 18.7 Å². The first kappa shape index (κ1) is 17.8. The largest absolute Gasteiger partial charge is 0.361 e. The molecule has 0 fully saturated rings. The fourth-order valence-corrected chi connectivity index (χ4v) is 4.36. The molecule has 0 saturated heterocycles. The molecule has 0 aliphatic carbocycles. The number of hydrogen-bond donors (Lipinski definition) is 0. The maximum absolute atomic E-state index is 14.6. The molecule has 0 amide bonds. The van der Waals surface area contributed by atoms with Crippen LogP contribution in [0.4, 0.5) is 8.78 Å². The Balaban J connectivity index is 1.74. The van der Waals surface area contributed by atoms with E-state index in [0.717, 1.165) is 17.4 Å². The molecule has 0 saturated carbocycles. The zero-order valence-electron chi connectivity index (χ0n) is 14.7. The highest BCUT2D eigenvalue weighted by molar-refractivity contribution is 8.12. The zero-order valence-corrected chi connectivity index (χ0v) is 15.5. The first-order valence-electron chi connectivity index (χ1n) is 8.33. The van der Waals surface area contributed by atoms with Crippen LogP contribution in [0.25, 0.3) is 11.1 Å². The summed E-state index contributed by atoms with van der Waals surface area (Å²) in [4.78, 5) is 12.3. The Labute approximate surface area is 158 Å². The lowest BCUT2D eigenvalue weighted by Crippen LogP contribution is -2.24. The van der Waals surface area contributed by atoms with Gasteiger partial charge in [0.15, 0.2) is 0 Å². The van der Waals surface area contributed by atoms with E-state index in [2.05, 4.69) is 20.1 Å². The minimum absolute atomic E-state index is 0.253. The van der Waals surface area contributed by atoms with Gasteiger partial charge in [-0.3, -0.25) is 4.99 Å². The van der Waals surface area contributed by atoms with Gasteiger partial charge in [0.1, 0.15) is 23.7 Å². The van der Waals surface area contributed by atoms with E-state index < -0.39 is 17.7 Å². The Kier molecular flexibility index (Phi) is 4.51. The van der Waals surface area contributed by atoms with Gasteiger partial charge in [-0.1, -0.05) is 5.16 Å². The molecule has 4 rings (SSSR count). The molecule has 0 spiro atoms. The van der Waals surface area contributed by atoms with E-state index in [-0.39, 0.29) is 10.3 Å². The Morgan fingerprint density at radius 2 is 1.93 bits per heavy atom. The second-order valence-electron chi connectivity index (χ2n) is 6.60. The smallest absolute Gasteiger partial charge is 0.138 e. The van der Waals surface area contributed by atoms with E-state index in [1.54, 1.807) is 11.7 Å². The predicted octanol–water partition coefficient (Wildman–Crippen LogP) is 4.84. The van der Waals surface area contributed by atoms with Crippen molar-refractivity contribution in [2.24, 2.45) is 4.99 Å². The van der Waals surface area contributed by atoms with Crippen molar-refractivity contribution in [2.45, 2.75) is 31.1 Å². The third-order valence-electron chi connectivity index (χ3n) is 4.77. The molecule has 2 aromatic heterocycles. The Hall–Kier alpha value is -2.61. The Morgan fingerprint density at radius 1 is 1.15 bits per heavy atom. The van der Waals surface area contributed by atoms with Crippen molar-refractivity contribution >= 4 is 17.3 Å². The fourth-order valence-electron chi connectivity index (χ4n) is 3.34. The van der Waals surface area contributed by atoms with Gasteiger partial charge in [-0.2, -0.15) is 0 Å². The number of aliphatic imine (C=N–C) groups is 1. The summed E-state index contributed by atoms with van der Waals surface area (Å²) in [5.74, 6) is -0.551. The van der Waals surface area contributed by atoms with Gasteiger partial charge in [0.05, 0.1) is 22.5 Å². The van der Waals surface area contributed by atoms with Crippen LogP contribution in [0.2, 0.25) is 0 Å². The lowest BCUT2D eigenvalue weighted by Gasteiger charge is -2.33. The Morgan fingerprint density at radius 3 is 2.63 bits per heavy atom. The van der Waals surface area contributed by atoms with Crippen LogP contribution in [-0.2, 0) is 4.75 Å². The maximum atomic E-state index is 14.6. The minimum Gasteiger partial charge on any atom is -0.361 e. The monoisotopic (exact) mass is 386 g/mol. The van der Waals surface area contributed by atoms with E-state index in [9.17, 15) is 8.78 Å². The molecule has 8 heteroatoms. The van der Waals surface area contributed by atoms with Gasteiger partial charge in [-0.15, -0.1) is 11.8 Å². The van der Waals surface area contributed by atoms with Gasteiger partial charge in [0.2, 0.25) is 0 Å². The quantitative estimate of drug-likeness (QED) is 0.644. The van der Waals surface area contributed by atoms with Crippen LogP contribution in [0.1, 0.15) is 36.3 Å². The molecule has 3 aromatic rings. The third-order valence-corrected chi connectivity index (χ3v) is 5.91. The summed E-state index contributed by atoms with van der Waals surface area (Å²) < 4.78 is 33.8.